The van der Waals surface area contributed by atoms with E-state index >= 15 is 0 Å². The Balaban J connectivity index is 2.08. The number of pyridine rings is 1. The van der Waals surface area contributed by atoms with E-state index in [2.05, 4.69) is 10.3 Å². The van der Waals surface area contributed by atoms with Gasteiger partial charge in [-0.15, -0.1) is 0 Å². The Kier molecular flexibility index (Phi) is 3.64. The Morgan fingerprint density at radius 2 is 1.94 bits per heavy atom. The lowest BCUT2D eigenvalue weighted by atomic mass is 10.2. The molecular weight excluding hydrogens is 235 g/mol. The van der Waals surface area contributed by atoms with Crippen LogP contribution in [0.2, 0.25) is 0 Å². The SMILES string of the molecule is O=C(Nc1ccc(CO)cn1)c1ccc(F)cc1. The summed E-state index contributed by atoms with van der Waals surface area (Å²) in [5.41, 5.74) is 1.01. The van der Waals surface area contributed by atoms with Crippen LogP contribution in [-0.4, -0.2) is 16.0 Å². The highest BCUT2D eigenvalue weighted by Crippen LogP contribution is 2.08. The quantitative estimate of drug-likeness (QED) is 0.870. The fraction of sp³-hybridized carbons (Fsp3) is 0.0769. The van der Waals surface area contributed by atoms with Crippen LogP contribution in [0.3, 0.4) is 0 Å². The number of carbonyl (C=O) groups excluding carboxylic acids is 1. The predicted molar refractivity (Wildman–Crippen MR) is 64.5 cm³/mol. The molecule has 0 aliphatic heterocycles. The van der Waals surface area contributed by atoms with E-state index in [1.54, 1.807) is 12.1 Å². The van der Waals surface area contributed by atoms with Gasteiger partial charge in [0.15, 0.2) is 0 Å². The average Bonchev–Trinajstić information content (AvgIpc) is 2.40. The van der Waals surface area contributed by atoms with Crippen LogP contribution in [0, 0.1) is 5.82 Å². The number of hydrogen-bond acceptors (Lipinski definition) is 3. The van der Waals surface area contributed by atoms with Gasteiger partial charge >= 0.3 is 0 Å². The third-order valence-corrected chi connectivity index (χ3v) is 2.36. The molecule has 1 aromatic heterocycles. The highest BCUT2D eigenvalue weighted by Gasteiger charge is 2.06. The summed E-state index contributed by atoms with van der Waals surface area (Å²) >= 11 is 0. The summed E-state index contributed by atoms with van der Waals surface area (Å²) in [5, 5.41) is 11.4. The lowest BCUT2D eigenvalue weighted by molar-refractivity contribution is 0.102. The summed E-state index contributed by atoms with van der Waals surface area (Å²) in [6.45, 7) is -0.0980. The number of nitrogens with one attached hydrogen (secondary N) is 1. The first-order valence-corrected chi connectivity index (χ1v) is 5.32. The van der Waals surface area contributed by atoms with Crippen LogP contribution >= 0.6 is 0 Å². The van der Waals surface area contributed by atoms with Gasteiger partial charge < -0.3 is 10.4 Å². The van der Waals surface area contributed by atoms with Gasteiger partial charge in [0.1, 0.15) is 11.6 Å². The van der Waals surface area contributed by atoms with E-state index < -0.39 is 5.82 Å². The number of aliphatic hydroxyl groups excluding tert-OH is 1. The highest BCUT2D eigenvalue weighted by molar-refractivity contribution is 6.03. The maximum Gasteiger partial charge on any atom is 0.256 e. The van der Waals surface area contributed by atoms with Crippen LogP contribution in [-0.2, 0) is 6.61 Å². The van der Waals surface area contributed by atoms with Crippen molar-refractivity contribution in [1.82, 2.24) is 4.98 Å². The van der Waals surface area contributed by atoms with Crippen LogP contribution in [0.4, 0.5) is 10.2 Å². The van der Waals surface area contributed by atoms with E-state index in [1.165, 1.54) is 30.5 Å². The van der Waals surface area contributed by atoms with Gasteiger partial charge in [0.05, 0.1) is 6.61 Å². The zero-order valence-corrected chi connectivity index (χ0v) is 9.43. The Hall–Kier alpha value is -2.27. The monoisotopic (exact) mass is 246 g/mol. The van der Waals surface area contributed by atoms with Gasteiger partial charge in [-0.05, 0) is 35.9 Å². The fourth-order valence-electron chi connectivity index (χ4n) is 1.38. The van der Waals surface area contributed by atoms with E-state index in [0.717, 1.165) is 0 Å². The van der Waals surface area contributed by atoms with Gasteiger partial charge in [0.25, 0.3) is 5.91 Å². The lowest BCUT2D eigenvalue weighted by Crippen LogP contribution is -2.12. The number of nitrogens with zero attached hydrogens (tertiary/aromatic N) is 1. The second-order valence-corrected chi connectivity index (χ2v) is 3.67. The number of aromatic nitrogens is 1. The maximum atomic E-state index is 12.7. The number of hydrogen-bond donors (Lipinski definition) is 2. The van der Waals surface area contributed by atoms with Crippen molar-refractivity contribution in [2.24, 2.45) is 0 Å². The molecule has 5 heteroatoms. The molecule has 92 valence electrons. The molecule has 0 spiro atoms. The normalized spacial score (nSPS) is 10.1. The van der Waals surface area contributed by atoms with Crippen molar-refractivity contribution in [3.8, 4) is 0 Å². The zero-order chi connectivity index (χ0) is 13.0. The van der Waals surface area contributed by atoms with Crippen LogP contribution in [0.25, 0.3) is 0 Å². The Morgan fingerprint density at radius 1 is 1.22 bits per heavy atom. The zero-order valence-electron chi connectivity index (χ0n) is 9.43. The summed E-state index contributed by atoms with van der Waals surface area (Å²) in [4.78, 5) is 15.7. The number of halogens is 1. The van der Waals surface area contributed by atoms with E-state index in [9.17, 15) is 9.18 Å². The molecular formula is C13H11FN2O2. The minimum atomic E-state index is -0.392. The van der Waals surface area contributed by atoms with Gasteiger partial charge in [-0.3, -0.25) is 4.79 Å². The third kappa shape index (κ3) is 2.89. The average molecular weight is 246 g/mol. The Morgan fingerprint density at radius 3 is 2.50 bits per heavy atom. The van der Waals surface area contributed by atoms with Gasteiger partial charge in [-0.1, -0.05) is 6.07 Å². The molecule has 2 N–H and O–H groups in total. The summed E-state index contributed by atoms with van der Waals surface area (Å²) in [7, 11) is 0. The van der Waals surface area contributed by atoms with Gasteiger partial charge in [-0.2, -0.15) is 0 Å². The predicted octanol–water partition coefficient (Wildman–Crippen LogP) is 1.97. The molecule has 0 unspecified atom stereocenters. The van der Waals surface area contributed by atoms with Crippen LogP contribution in [0.15, 0.2) is 42.6 Å². The molecule has 4 nitrogen and oxygen atoms in total. The molecule has 0 radical (unpaired) electrons. The molecule has 1 heterocycles. The van der Waals surface area contributed by atoms with Crippen molar-refractivity contribution < 1.29 is 14.3 Å². The van der Waals surface area contributed by atoms with Gasteiger partial charge in [-0.25, -0.2) is 9.37 Å². The Labute approximate surface area is 103 Å². The number of benzene rings is 1. The first kappa shape index (κ1) is 12.2. The first-order chi connectivity index (χ1) is 8.69. The molecule has 1 amide bonds. The molecule has 0 bridgehead atoms. The second-order valence-electron chi connectivity index (χ2n) is 3.67. The summed E-state index contributed by atoms with van der Waals surface area (Å²) in [6, 6.07) is 8.48. The van der Waals surface area contributed by atoms with E-state index in [4.69, 9.17) is 5.11 Å². The number of amides is 1. The van der Waals surface area contributed by atoms with Crippen LogP contribution in [0.5, 0.6) is 0 Å². The smallest absolute Gasteiger partial charge is 0.256 e. The number of anilines is 1. The van der Waals surface area contributed by atoms with Crippen LogP contribution < -0.4 is 5.32 Å². The van der Waals surface area contributed by atoms with Crippen molar-refractivity contribution >= 4 is 11.7 Å². The topological polar surface area (TPSA) is 62.2 Å². The van der Waals surface area contributed by atoms with Gasteiger partial charge in [0.2, 0.25) is 0 Å². The lowest BCUT2D eigenvalue weighted by Gasteiger charge is -2.04. The number of carbonyl (C=O) groups is 1. The molecule has 0 fully saturated rings. The maximum absolute atomic E-state index is 12.7. The minimum Gasteiger partial charge on any atom is -0.392 e. The molecule has 0 aliphatic rings. The standard InChI is InChI=1S/C13H11FN2O2/c14-11-4-2-10(3-5-11)13(18)16-12-6-1-9(8-17)7-15-12/h1-7,17H,8H2,(H,15,16,18). The highest BCUT2D eigenvalue weighted by atomic mass is 19.1. The molecule has 0 atom stereocenters. The molecule has 2 rings (SSSR count). The molecule has 18 heavy (non-hydrogen) atoms. The molecule has 1 aromatic carbocycles. The Bertz CT molecular complexity index is 538. The van der Waals surface area contributed by atoms with Crippen LogP contribution in [0.1, 0.15) is 15.9 Å². The second kappa shape index (κ2) is 5.37. The fourth-order valence-corrected chi connectivity index (χ4v) is 1.38. The van der Waals surface area contributed by atoms with E-state index in [-0.39, 0.29) is 12.5 Å². The third-order valence-electron chi connectivity index (χ3n) is 2.36. The van der Waals surface area contributed by atoms with Gasteiger partial charge in [0, 0.05) is 11.8 Å². The first-order valence-electron chi connectivity index (χ1n) is 5.32. The summed E-state index contributed by atoms with van der Waals surface area (Å²) in [5.74, 6) is -0.377. The van der Waals surface area contributed by atoms with Crippen molar-refractivity contribution in [3.63, 3.8) is 0 Å². The van der Waals surface area contributed by atoms with Crippen molar-refractivity contribution in [2.75, 3.05) is 5.32 Å². The summed E-state index contributed by atoms with van der Waals surface area (Å²) < 4.78 is 12.7. The molecule has 0 saturated heterocycles. The largest absolute Gasteiger partial charge is 0.392 e. The number of aliphatic hydroxyl groups is 1. The minimum absolute atomic E-state index is 0.0980. The van der Waals surface area contributed by atoms with E-state index in [1.807, 2.05) is 0 Å². The molecule has 0 aliphatic carbocycles. The van der Waals surface area contributed by atoms with E-state index in [0.29, 0.717) is 16.9 Å². The number of rotatable bonds is 3. The summed E-state index contributed by atoms with van der Waals surface area (Å²) in [6.07, 6.45) is 1.47. The van der Waals surface area contributed by atoms with Crippen molar-refractivity contribution in [3.05, 3.63) is 59.5 Å². The van der Waals surface area contributed by atoms with Crippen molar-refractivity contribution in [2.45, 2.75) is 6.61 Å². The molecule has 2 aromatic rings. The molecule has 0 saturated carbocycles. The van der Waals surface area contributed by atoms with Crippen molar-refractivity contribution in [1.29, 1.82) is 0 Å².